The summed E-state index contributed by atoms with van der Waals surface area (Å²) in [6.07, 6.45) is 4.97. The maximum absolute atomic E-state index is 13.3. The van der Waals surface area contributed by atoms with Gasteiger partial charge in [0.2, 0.25) is 23.6 Å². The van der Waals surface area contributed by atoms with Crippen LogP contribution in [-0.2, 0) is 68.7 Å². The Morgan fingerprint density at radius 3 is 1.68 bits per heavy atom. The third-order valence-electron chi connectivity index (χ3n) is 11.9. The molecule has 29 heteroatoms. The van der Waals surface area contributed by atoms with Gasteiger partial charge in [0.1, 0.15) is 18.7 Å². The lowest BCUT2D eigenvalue weighted by atomic mass is 10.1. The lowest BCUT2D eigenvalue weighted by Crippen LogP contribution is -2.51. The standard InChI is InChI=1S/C49H74N10O18S/c1-78-26-10-37(48(72)52-29-39(60)53-38(49(73)74)7-2-3-12-59-42(63)8-9-43(59)64)54-47(71)36-6-4-5-35(27-36)28-51-41(62)34-77-25-24-76-23-22-75-21-11-50-40(61)30-55-13-15-56(31-44(65)66)17-19-58(33-46(69)70)20-18-57(16-14-55)32-45(67)68/h4-6,8-9,27,37-38H,2-3,7,10-26,28-34H2,1H3,(H,50,61)(H,51,62)(H,52,72)(H,53,60)(H,54,71)(H,65,66)(H,67,68)(H,69,70)(H,73,74)/t37-,38-/m0/s1. The molecule has 78 heavy (non-hydrogen) atoms. The van der Waals surface area contributed by atoms with Crippen molar-refractivity contribution in [2.75, 3.05) is 150 Å². The summed E-state index contributed by atoms with van der Waals surface area (Å²) < 4.78 is 16.4. The highest BCUT2D eigenvalue weighted by molar-refractivity contribution is 7.98. The van der Waals surface area contributed by atoms with E-state index < -0.39 is 77.9 Å². The summed E-state index contributed by atoms with van der Waals surface area (Å²) in [6, 6.07) is 4.07. The third-order valence-corrected chi connectivity index (χ3v) is 12.6. The molecule has 0 unspecified atom stereocenters. The molecule has 7 amide bonds. The quantitative estimate of drug-likeness (QED) is 0.0233. The number of aliphatic carboxylic acids is 4. The van der Waals surface area contributed by atoms with Crippen molar-refractivity contribution in [3.05, 3.63) is 47.5 Å². The van der Waals surface area contributed by atoms with Gasteiger partial charge >= 0.3 is 23.9 Å². The van der Waals surface area contributed by atoms with Crippen molar-refractivity contribution < 1.29 is 87.4 Å². The number of hydrogen-bond acceptors (Lipinski definition) is 19. The second-order valence-corrected chi connectivity index (χ2v) is 19.0. The van der Waals surface area contributed by atoms with Gasteiger partial charge in [0.25, 0.3) is 17.7 Å². The summed E-state index contributed by atoms with van der Waals surface area (Å²) in [7, 11) is 0. The van der Waals surface area contributed by atoms with Crippen LogP contribution in [0.15, 0.2) is 36.4 Å². The fourth-order valence-corrected chi connectivity index (χ4v) is 8.27. The zero-order chi connectivity index (χ0) is 57.2. The number of carbonyl (C=O) groups excluding carboxylic acids is 7. The van der Waals surface area contributed by atoms with E-state index in [4.69, 9.17) is 14.2 Å². The molecule has 0 radical (unpaired) electrons. The molecule has 434 valence electrons. The van der Waals surface area contributed by atoms with Crippen LogP contribution in [-0.4, -0.2) is 272 Å². The van der Waals surface area contributed by atoms with Gasteiger partial charge in [-0.2, -0.15) is 11.8 Å². The van der Waals surface area contributed by atoms with E-state index in [0.717, 1.165) is 17.1 Å². The van der Waals surface area contributed by atoms with E-state index in [1.165, 1.54) is 17.8 Å². The molecule has 2 heterocycles. The second kappa shape index (κ2) is 37.3. The monoisotopic (exact) mass is 1120 g/mol. The van der Waals surface area contributed by atoms with Crippen LogP contribution >= 0.6 is 11.8 Å². The first-order valence-electron chi connectivity index (χ1n) is 25.4. The molecule has 1 aromatic rings. The van der Waals surface area contributed by atoms with Gasteiger partial charge in [0.05, 0.1) is 65.8 Å². The van der Waals surface area contributed by atoms with Gasteiger partial charge in [0, 0.05) is 89.7 Å². The van der Waals surface area contributed by atoms with Gasteiger partial charge in [0.15, 0.2) is 0 Å². The molecule has 0 aliphatic carbocycles. The van der Waals surface area contributed by atoms with Crippen molar-refractivity contribution in [3.63, 3.8) is 0 Å². The van der Waals surface area contributed by atoms with Crippen LogP contribution in [0.5, 0.6) is 0 Å². The lowest BCUT2D eigenvalue weighted by molar-refractivity contribution is -0.142. The van der Waals surface area contributed by atoms with Crippen LogP contribution < -0.4 is 26.6 Å². The fourth-order valence-electron chi connectivity index (χ4n) is 7.79. The third kappa shape index (κ3) is 28.1. The number of nitrogens with zero attached hydrogens (tertiary/aromatic N) is 5. The minimum atomic E-state index is -1.30. The Labute approximate surface area is 455 Å². The molecular weight excluding hydrogens is 1050 g/mol. The van der Waals surface area contributed by atoms with E-state index in [9.17, 15) is 73.2 Å². The van der Waals surface area contributed by atoms with Crippen molar-refractivity contribution in [2.24, 2.45) is 0 Å². The average molecular weight is 1120 g/mol. The van der Waals surface area contributed by atoms with E-state index in [-0.39, 0.29) is 155 Å². The van der Waals surface area contributed by atoms with Crippen LogP contribution in [0.4, 0.5) is 0 Å². The summed E-state index contributed by atoms with van der Waals surface area (Å²) in [5.74, 6) is -7.59. The summed E-state index contributed by atoms with van der Waals surface area (Å²) in [4.78, 5) is 142. The number of nitrogens with one attached hydrogen (secondary N) is 5. The maximum atomic E-state index is 13.3. The number of imide groups is 1. The van der Waals surface area contributed by atoms with Crippen LogP contribution in [0.2, 0.25) is 0 Å². The van der Waals surface area contributed by atoms with Gasteiger partial charge < -0.3 is 61.2 Å². The Morgan fingerprint density at radius 2 is 1.14 bits per heavy atom. The highest BCUT2D eigenvalue weighted by Crippen LogP contribution is 2.10. The van der Waals surface area contributed by atoms with Crippen LogP contribution in [0, 0.1) is 0 Å². The molecule has 0 bridgehead atoms. The van der Waals surface area contributed by atoms with Crippen LogP contribution in [0.3, 0.4) is 0 Å². The van der Waals surface area contributed by atoms with E-state index in [1.54, 1.807) is 32.9 Å². The molecule has 0 spiro atoms. The Hall–Kier alpha value is -6.60. The Balaban J connectivity index is 1.30. The average Bonchev–Trinajstić information content (AvgIpc) is 3.71. The van der Waals surface area contributed by atoms with E-state index in [2.05, 4.69) is 26.6 Å². The van der Waals surface area contributed by atoms with Crippen molar-refractivity contribution in [1.29, 1.82) is 0 Å². The molecule has 0 aromatic heterocycles. The number of carboxylic acids is 4. The van der Waals surface area contributed by atoms with E-state index in [0.29, 0.717) is 30.8 Å². The Kier molecular flexibility index (Phi) is 31.4. The molecule has 0 saturated carbocycles. The van der Waals surface area contributed by atoms with Gasteiger partial charge in [-0.1, -0.05) is 12.1 Å². The molecule has 1 aromatic carbocycles. The van der Waals surface area contributed by atoms with Crippen LogP contribution in [0.1, 0.15) is 41.6 Å². The highest BCUT2D eigenvalue weighted by atomic mass is 32.2. The van der Waals surface area contributed by atoms with Gasteiger partial charge in [-0.25, -0.2) is 4.79 Å². The molecule has 2 aliphatic rings. The van der Waals surface area contributed by atoms with E-state index in [1.807, 2.05) is 11.2 Å². The molecular formula is C49H74N10O18S. The molecule has 2 aliphatic heterocycles. The summed E-state index contributed by atoms with van der Waals surface area (Å²) >= 11 is 1.44. The predicted molar refractivity (Wildman–Crippen MR) is 279 cm³/mol. The number of ether oxygens (including phenoxy) is 3. The number of carboxylic acid groups (broad SMARTS) is 4. The van der Waals surface area contributed by atoms with Crippen molar-refractivity contribution in [2.45, 2.75) is 44.3 Å². The molecule has 28 nitrogen and oxygen atoms in total. The zero-order valence-corrected chi connectivity index (χ0v) is 44.7. The zero-order valence-electron chi connectivity index (χ0n) is 43.9. The summed E-state index contributed by atoms with van der Waals surface area (Å²) in [6.45, 7) is 1.79. The largest absolute Gasteiger partial charge is 0.480 e. The SMILES string of the molecule is CSCC[C@H](NC(=O)c1cccc(CNC(=O)COCCOCCOCCNC(=O)CN2CCN(CC(=O)O)CCN(CC(=O)O)CCN(CC(=O)O)CC2)c1)C(=O)NCC(=O)N[C@@H](CCCCN1C(=O)C=CC1=O)C(=O)O. The van der Waals surface area contributed by atoms with Crippen molar-refractivity contribution in [1.82, 2.24) is 51.1 Å². The molecule has 1 fully saturated rings. The van der Waals surface area contributed by atoms with Crippen molar-refractivity contribution in [3.8, 4) is 0 Å². The highest BCUT2D eigenvalue weighted by Gasteiger charge is 2.27. The minimum absolute atomic E-state index is 0.0168. The molecule has 2 atom stereocenters. The number of carbonyl (C=O) groups is 11. The fraction of sp³-hybridized carbons (Fsp3) is 0.612. The number of hydrogen-bond donors (Lipinski definition) is 9. The number of amides is 7. The lowest BCUT2D eigenvalue weighted by Gasteiger charge is -2.32. The van der Waals surface area contributed by atoms with Gasteiger partial charge in [-0.05, 0) is 55.4 Å². The van der Waals surface area contributed by atoms with Crippen molar-refractivity contribution >= 4 is 77.0 Å². The first-order chi connectivity index (χ1) is 37.3. The minimum Gasteiger partial charge on any atom is -0.480 e. The molecule has 3 rings (SSSR count). The Morgan fingerprint density at radius 1 is 0.603 bits per heavy atom. The topological polar surface area (TPSA) is 373 Å². The first kappa shape index (κ1) is 65.7. The number of unbranched alkanes of at least 4 members (excludes halogenated alkanes) is 1. The summed E-state index contributed by atoms with van der Waals surface area (Å²) in [5.41, 5.74) is 0.789. The van der Waals surface area contributed by atoms with E-state index >= 15 is 0 Å². The number of rotatable bonds is 36. The second-order valence-electron chi connectivity index (χ2n) is 18.0. The number of benzene rings is 1. The van der Waals surface area contributed by atoms with Crippen LogP contribution in [0.25, 0.3) is 0 Å². The van der Waals surface area contributed by atoms with Gasteiger partial charge in [-0.3, -0.25) is 72.4 Å². The smallest absolute Gasteiger partial charge is 0.326 e. The normalized spacial score (nSPS) is 15.8. The first-order valence-corrected chi connectivity index (χ1v) is 26.8. The summed E-state index contributed by atoms with van der Waals surface area (Å²) in [5, 5.41) is 50.8. The molecule has 9 N–H and O–H groups in total. The van der Waals surface area contributed by atoms with Gasteiger partial charge in [-0.15, -0.1) is 0 Å². The number of thioether (sulfide) groups is 1. The molecule has 1 saturated heterocycles. The predicted octanol–water partition coefficient (Wildman–Crippen LogP) is -3.42. The Bertz CT molecular complexity index is 2160. The maximum Gasteiger partial charge on any atom is 0.326 e.